The number of nitrogens with one attached hydrogen (secondary N) is 1. The third-order valence-corrected chi connectivity index (χ3v) is 5.20. The van der Waals surface area contributed by atoms with Gasteiger partial charge in [-0.05, 0) is 55.0 Å². The average molecular weight is 512 g/mol. The summed E-state index contributed by atoms with van der Waals surface area (Å²) >= 11 is 0. The van der Waals surface area contributed by atoms with Crippen LogP contribution in [0.25, 0.3) is 10.9 Å². The molecule has 0 saturated heterocycles. The number of nitrogens with zero attached hydrogens (tertiary/aromatic N) is 3. The van der Waals surface area contributed by atoms with Gasteiger partial charge in [0.25, 0.3) is 0 Å². The summed E-state index contributed by atoms with van der Waals surface area (Å²) in [6.07, 6.45) is 0. The molecule has 0 aliphatic carbocycles. The topological polar surface area (TPSA) is 41.3 Å². The molecule has 0 saturated carbocycles. The zero-order valence-electron chi connectivity index (χ0n) is 17.6. The Labute approximate surface area is 194 Å². The number of benzene rings is 3. The van der Waals surface area contributed by atoms with Crippen molar-refractivity contribution in [2.45, 2.75) is 6.92 Å². The van der Waals surface area contributed by atoms with E-state index in [1.54, 1.807) is 7.11 Å². The summed E-state index contributed by atoms with van der Waals surface area (Å²) in [6.45, 7) is 2.09. The number of rotatable bonds is 5. The Bertz CT molecular complexity index is 1160. The molecular formula is C24H25IN4O. The second kappa shape index (κ2) is 9.30. The molecule has 30 heavy (non-hydrogen) atoms. The molecule has 1 aromatic heterocycles. The molecule has 0 amide bonds. The molecule has 1 N–H and O–H groups in total. The van der Waals surface area contributed by atoms with Crippen molar-refractivity contribution in [1.29, 1.82) is 0 Å². The Kier molecular flexibility index (Phi) is 6.77. The number of fused-ring (bicyclic) bond motifs is 1. The van der Waals surface area contributed by atoms with Crippen molar-refractivity contribution in [1.82, 2.24) is 4.98 Å². The summed E-state index contributed by atoms with van der Waals surface area (Å²) in [6, 6.07) is 24.5. The second-order valence-electron chi connectivity index (χ2n) is 7.03. The summed E-state index contributed by atoms with van der Waals surface area (Å²) < 4.78 is 7.38. The van der Waals surface area contributed by atoms with Crippen molar-refractivity contribution in [2.75, 3.05) is 24.4 Å². The molecule has 6 heteroatoms. The first kappa shape index (κ1) is 21.8. The number of methoxy groups -OCH3 is 1. The maximum atomic E-state index is 5.29. The molecule has 4 rings (SSSR count). The molecule has 0 fully saturated rings. The van der Waals surface area contributed by atoms with Gasteiger partial charge >= 0.3 is 5.95 Å². The molecule has 3 aromatic carbocycles. The van der Waals surface area contributed by atoms with Crippen LogP contribution in [0, 0.1) is 6.92 Å². The molecule has 5 nitrogen and oxygen atoms in total. The lowest BCUT2D eigenvalue weighted by atomic mass is 10.2. The van der Waals surface area contributed by atoms with E-state index < -0.39 is 0 Å². The quantitative estimate of drug-likeness (QED) is 0.328. The van der Waals surface area contributed by atoms with Crippen LogP contribution >= 0.6 is 0 Å². The highest BCUT2D eigenvalue weighted by Gasteiger charge is 2.22. The number of halogens is 1. The van der Waals surface area contributed by atoms with Gasteiger partial charge < -0.3 is 33.6 Å². The second-order valence-corrected chi connectivity index (χ2v) is 7.03. The standard InChI is InChI=1S/C24H24N4O.HI/c1-17-9-5-7-11-21(17)25-24-26-23(20-10-6-8-12-22(20)28(24)3)27(2)18-13-15-19(29-4)16-14-18;/h5-16H,1-4H3;1H. The monoisotopic (exact) mass is 512 g/mol. The fourth-order valence-corrected chi connectivity index (χ4v) is 3.43. The lowest BCUT2D eigenvalue weighted by Crippen LogP contribution is -3.00. The smallest absolute Gasteiger partial charge is 0.398 e. The highest BCUT2D eigenvalue weighted by molar-refractivity contribution is 5.90. The minimum atomic E-state index is 0. The Balaban J connectivity index is 0.00000256. The third-order valence-electron chi connectivity index (χ3n) is 5.20. The Morgan fingerprint density at radius 3 is 2.30 bits per heavy atom. The van der Waals surface area contributed by atoms with Crippen LogP contribution in [0.3, 0.4) is 0 Å². The molecule has 0 unspecified atom stereocenters. The van der Waals surface area contributed by atoms with Crippen molar-refractivity contribution in [3.05, 3.63) is 78.4 Å². The Hall–Kier alpha value is -2.87. The van der Waals surface area contributed by atoms with Crippen molar-refractivity contribution in [3.8, 4) is 5.75 Å². The molecule has 4 aromatic rings. The Morgan fingerprint density at radius 2 is 1.60 bits per heavy atom. The van der Waals surface area contributed by atoms with Crippen LogP contribution in [-0.4, -0.2) is 19.1 Å². The lowest BCUT2D eigenvalue weighted by molar-refractivity contribution is -0.632. The number of aromatic nitrogens is 2. The van der Waals surface area contributed by atoms with E-state index >= 15 is 0 Å². The SMILES string of the molecule is COc1ccc(N(C)c2nc(Nc3ccccc3C)[n+](C)c3ccccc23)cc1.[I-]. The lowest BCUT2D eigenvalue weighted by Gasteiger charge is -2.19. The van der Waals surface area contributed by atoms with E-state index in [9.17, 15) is 0 Å². The number of anilines is 4. The van der Waals surface area contributed by atoms with Crippen molar-refractivity contribution < 1.29 is 33.3 Å². The van der Waals surface area contributed by atoms with Crippen LogP contribution in [-0.2, 0) is 7.05 Å². The first-order valence-corrected chi connectivity index (χ1v) is 9.57. The van der Waals surface area contributed by atoms with Crippen molar-refractivity contribution >= 4 is 34.0 Å². The minimum Gasteiger partial charge on any atom is -1.00 e. The van der Waals surface area contributed by atoms with Gasteiger partial charge in [0, 0.05) is 12.7 Å². The van der Waals surface area contributed by atoms with Crippen LogP contribution in [0.15, 0.2) is 72.8 Å². The predicted octanol–water partition coefficient (Wildman–Crippen LogP) is 1.89. The number of aryl methyl sites for hydroxylation is 2. The van der Waals surface area contributed by atoms with E-state index in [1.165, 1.54) is 5.56 Å². The average Bonchev–Trinajstić information content (AvgIpc) is 2.77. The van der Waals surface area contributed by atoms with Crippen LogP contribution in [0.2, 0.25) is 0 Å². The van der Waals surface area contributed by atoms with Gasteiger partial charge in [-0.25, -0.2) is 9.88 Å². The minimum absolute atomic E-state index is 0. The first-order valence-electron chi connectivity index (χ1n) is 9.57. The van der Waals surface area contributed by atoms with E-state index in [2.05, 4.69) is 52.0 Å². The van der Waals surface area contributed by atoms with Gasteiger partial charge in [-0.2, -0.15) is 0 Å². The highest BCUT2D eigenvalue weighted by atomic mass is 127. The fourth-order valence-electron chi connectivity index (χ4n) is 3.43. The van der Waals surface area contributed by atoms with Gasteiger partial charge in [0.2, 0.25) is 5.82 Å². The molecule has 0 radical (unpaired) electrons. The zero-order chi connectivity index (χ0) is 20.4. The van der Waals surface area contributed by atoms with E-state index in [0.717, 1.165) is 39.8 Å². The summed E-state index contributed by atoms with van der Waals surface area (Å²) in [5.74, 6) is 2.51. The molecule has 1 heterocycles. The summed E-state index contributed by atoms with van der Waals surface area (Å²) in [4.78, 5) is 7.10. The molecule has 0 aliphatic rings. The third kappa shape index (κ3) is 4.18. The molecule has 0 aliphatic heterocycles. The zero-order valence-corrected chi connectivity index (χ0v) is 19.7. The number of para-hydroxylation sites is 2. The van der Waals surface area contributed by atoms with E-state index in [4.69, 9.17) is 9.72 Å². The molecule has 0 spiro atoms. The maximum absolute atomic E-state index is 5.29. The van der Waals surface area contributed by atoms with Gasteiger partial charge in [0.15, 0.2) is 0 Å². The van der Waals surface area contributed by atoms with E-state index in [0.29, 0.717) is 0 Å². The van der Waals surface area contributed by atoms with Gasteiger partial charge in [0.05, 0.1) is 19.5 Å². The van der Waals surface area contributed by atoms with Gasteiger partial charge in [-0.15, -0.1) is 0 Å². The Morgan fingerprint density at radius 1 is 0.933 bits per heavy atom. The van der Waals surface area contributed by atoms with E-state index in [-0.39, 0.29) is 24.0 Å². The number of ether oxygens (including phenoxy) is 1. The van der Waals surface area contributed by atoms with E-state index in [1.807, 2.05) is 56.6 Å². The van der Waals surface area contributed by atoms with Crippen LogP contribution in [0.1, 0.15) is 5.56 Å². The summed E-state index contributed by atoms with van der Waals surface area (Å²) in [5, 5.41) is 4.59. The maximum Gasteiger partial charge on any atom is 0.398 e. The summed E-state index contributed by atoms with van der Waals surface area (Å²) in [7, 11) is 5.75. The fraction of sp³-hybridized carbons (Fsp3) is 0.167. The highest BCUT2D eigenvalue weighted by Crippen LogP contribution is 2.30. The first-order chi connectivity index (χ1) is 14.1. The van der Waals surface area contributed by atoms with Crippen LogP contribution < -0.4 is 43.5 Å². The predicted molar refractivity (Wildman–Crippen MR) is 118 cm³/mol. The largest absolute Gasteiger partial charge is 1.00 e. The van der Waals surface area contributed by atoms with Gasteiger partial charge in [-0.3, -0.25) is 0 Å². The van der Waals surface area contributed by atoms with Crippen molar-refractivity contribution in [3.63, 3.8) is 0 Å². The summed E-state index contributed by atoms with van der Waals surface area (Å²) in [5.41, 5.74) is 4.37. The molecule has 154 valence electrons. The van der Waals surface area contributed by atoms with Crippen LogP contribution in [0.5, 0.6) is 5.75 Å². The van der Waals surface area contributed by atoms with Gasteiger partial charge in [-0.1, -0.05) is 35.3 Å². The van der Waals surface area contributed by atoms with Crippen LogP contribution in [0.4, 0.5) is 23.1 Å². The number of hydrogen-bond acceptors (Lipinski definition) is 4. The number of hydrogen-bond donors (Lipinski definition) is 1. The molecular weight excluding hydrogens is 487 g/mol. The van der Waals surface area contributed by atoms with Crippen molar-refractivity contribution in [2.24, 2.45) is 7.05 Å². The van der Waals surface area contributed by atoms with Gasteiger partial charge in [0.1, 0.15) is 17.0 Å². The normalized spacial score (nSPS) is 10.4. The molecule has 0 bridgehead atoms. The molecule has 0 atom stereocenters.